The number of hydrogen-bond acceptors (Lipinski definition) is 7. The summed E-state index contributed by atoms with van der Waals surface area (Å²) in [5.41, 5.74) is 8.73. The lowest BCUT2D eigenvalue weighted by Crippen LogP contribution is -2.29. The number of pyridine rings is 1. The van der Waals surface area contributed by atoms with Crippen molar-refractivity contribution < 1.29 is 4.92 Å². The molecule has 0 fully saturated rings. The average molecular weight is 222 g/mol. The molecule has 0 saturated heterocycles. The number of hydrogen-bond donors (Lipinski definition) is 2. The molecule has 0 unspecified atom stereocenters. The molecule has 8 nitrogen and oxygen atoms in total. The number of nitro groups is 1. The van der Waals surface area contributed by atoms with Gasteiger partial charge in [-0.05, 0) is 13.0 Å². The largest absolute Gasteiger partial charge is 0.378 e. The van der Waals surface area contributed by atoms with Crippen LogP contribution in [0.3, 0.4) is 0 Å². The summed E-state index contributed by atoms with van der Waals surface area (Å²) in [6.07, 6.45) is 1.66. The quantitative estimate of drug-likeness (QED) is 0.546. The van der Waals surface area contributed by atoms with E-state index in [4.69, 9.17) is 5.73 Å². The number of aromatic nitrogens is 1. The smallest absolute Gasteiger partial charge is 0.314 e. The number of nitrogens with zero attached hydrogens (tertiary/aromatic N) is 4. The van der Waals surface area contributed by atoms with E-state index in [0.717, 1.165) is 0 Å². The number of nitrogen functional groups attached to an aromatic ring is 1. The second-order valence-corrected chi connectivity index (χ2v) is 3.26. The van der Waals surface area contributed by atoms with Crippen LogP contribution >= 0.6 is 0 Å². The Morgan fingerprint density at radius 1 is 1.69 bits per heavy atom. The third-order valence-corrected chi connectivity index (χ3v) is 2.13. The van der Waals surface area contributed by atoms with Crippen molar-refractivity contribution in [1.29, 1.82) is 0 Å². The molecule has 0 atom stereocenters. The lowest BCUT2D eigenvalue weighted by Gasteiger charge is -2.13. The van der Waals surface area contributed by atoms with Gasteiger partial charge < -0.3 is 5.73 Å². The van der Waals surface area contributed by atoms with Gasteiger partial charge in [0.1, 0.15) is 0 Å². The van der Waals surface area contributed by atoms with E-state index in [-0.39, 0.29) is 11.5 Å². The minimum absolute atomic E-state index is 0.107. The molecule has 16 heavy (non-hydrogen) atoms. The van der Waals surface area contributed by atoms with Gasteiger partial charge in [0.2, 0.25) is 5.82 Å². The maximum absolute atomic E-state index is 10.7. The number of aryl methyl sites for hydroxylation is 1. The van der Waals surface area contributed by atoms with Gasteiger partial charge in [-0.15, -0.1) is 0 Å². The van der Waals surface area contributed by atoms with E-state index in [0.29, 0.717) is 17.9 Å². The third kappa shape index (κ3) is 1.65. The zero-order valence-corrected chi connectivity index (χ0v) is 8.54. The number of nitrogens with one attached hydrogen (secondary N) is 1. The van der Waals surface area contributed by atoms with Crippen molar-refractivity contribution in [2.45, 2.75) is 6.92 Å². The molecule has 1 aliphatic rings. The Labute approximate surface area is 90.9 Å². The summed E-state index contributed by atoms with van der Waals surface area (Å²) in [5.74, 6) is 0.332. The third-order valence-electron chi connectivity index (χ3n) is 2.13. The number of anilines is 2. The Hall–Kier alpha value is -2.22. The second-order valence-electron chi connectivity index (χ2n) is 3.26. The van der Waals surface area contributed by atoms with Gasteiger partial charge in [-0.25, -0.2) is 10.4 Å². The lowest BCUT2D eigenvalue weighted by atomic mass is 10.2. The highest BCUT2D eigenvalue weighted by atomic mass is 16.6. The highest BCUT2D eigenvalue weighted by Crippen LogP contribution is 2.27. The molecule has 1 aromatic heterocycles. The van der Waals surface area contributed by atoms with E-state index < -0.39 is 4.92 Å². The highest BCUT2D eigenvalue weighted by molar-refractivity contribution is 5.67. The standard InChI is InChI=1S/C8H10N6O2/c1-5-4-6(13-10-2-3-11-13)12-8(9)7(5)14(15)16/h2,4,11H,3H2,1H3,(H2,9,12). The van der Waals surface area contributed by atoms with Crippen molar-refractivity contribution in [1.82, 2.24) is 10.4 Å². The van der Waals surface area contributed by atoms with Crippen molar-refractivity contribution in [3.63, 3.8) is 0 Å². The Morgan fingerprint density at radius 2 is 2.44 bits per heavy atom. The zero-order chi connectivity index (χ0) is 11.7. The Balaban J connectivity index is 2.44. The van der Waals surface area contributed by atoms with Crippen LogP contribution in [0.15, 0.2) is 11.2 Å². The summed E-state index contributed by atoms with van der Waals surface area (Å²) >= 11 is 0. The Kier molecular flexibility index (Phi) is 2.41. The first-order chi connectivity index (χ1) is 7.59. The highest BCUT2D eigenvalue weighted by Gasteiger charge is 2.20. The fourth-order valence-electron chi connectivity index (χ4n) is 1.45. The summed E-state index contributed by atoms with van der Waals surface area (Å²) < 4.78 is 0. The maximum atomic E-state index is 10.7. The SMILES string of the molecule is Cc1cc(N2N=CCN2)nc(N)c1[N+](=O)[O-]. The number of nitrogens with two attached hydrogens (primary N) is 1. The first kappa shape index (κ1) is 10.3. The van der Waals surface area contributed by atoms with Gasteiger partial charge in [-0.3, -0.25) is 10.1 Å². The minimum Gasteiger partial charge on any atom is -0.378 e. The molecule has 0 radical (unpaired) electrons. The van der Waals surface area contributed by atoms with E-state index in [9.17, 15) is 10.1 Å². The van der Waals surface area contributed by atoms with Crippen molar-refractivity contribution in [2.75, 3.05) is 17.4 Å². The fraction of sp³-hybridized carbons (Fsp3) is 0.250. The summed E-state index contributed by atoms with van der Waals surface area (Å²) in [6.45, 7) is 2.21. The molecular weight excluding hydrogens is 212 g/mol. The normalized spacial score (nSPS) is 14.4. The van der Waals surface area contributed by atoms with Gasteiger partial charge in [-0.1, -0.05) is 0 Å². The van der Waals surface area contributed by atoms with E-state index in [1.165, 1.54) is 5.12 Å². The van der Waals surface area contributed by atoms with Gasteiger partial charge in [-0.2, -0.15) is 10.2 Å². The zero-order valence-electron chi connectivity index (χ0n) is 8.54. The fourth-order valence-corrected chi connectivity index (χ4v) is 1.45. The van der Waals surface area contributed by atoms with Crippen LogP contribution in [0.25, 0.3) is 0 Å². The molecule has 0 amide bonds. The Morgan fingerprint density at radius 3 is 2.94 bits per heavy atom. The number of hydrazone groups is 1. The Bertz CT molecular complexity index is 449. The van der Waals surface area contributed by atoms with Gasteiger partial charge >= 0.3 is 5.69 Å². The van der Waals surface area contributed by atoms with Crippen LogP contribution in [-0.2, 0) is 0 Å². The number of rotatable bonds is 2. The average Bonchev–Trinajstić information content (AvgIpc) is 2.67. The predicted molar refractivity (Wildman–Crippen MR) is 59.0 cm³/mol. The second kappa shape index (κ2) is 3.74. The lowest BCUT2D eigenvalue weighted by molar-refractivity contribution is -0.384. The molecule has 0 saturated carbocycles. The molecule has 0 aliphatic carbocycles. The van der Waals surface area contributed by atoms with Crippen LogP contribution in [-0.4, -0.2) is 22.7 Å². The molecule has 2 heterocycles. The molecule has 0 aromatic carbocycles. The molecule has 3 N–H and O–H groups in total. The molecule has 84 valence electrons. The molecule has 8 heteroatoms. The van der Waals surface area contributed by atoms with Crippen molar-refractivity contribution in [2.24, 2.45) is 5.10 Å². The monoisotopic (exact) mass is 222 g/mol. The topological polar surface area (TPSA) is 110 Å². The van der Waals surface area contributed by atoms with Gasteiger partial charge in [0.25, 0.3) is 0 Å². The molecule has 1 aromatic rings. The van der Waals surface area contributed by atoms with Crippen molar-refractivity contribution in [3.8, 4) is 0 Å². The number of hydrazine groups is 1. The van der Waals surface area contributed by atoms with E-state index in [2.05, 4.69) is 15.5 Å². The van der Waals surface area contributed by atoms with E-state index >= 15 is 0 Å². The summed E-state index contributed by atoms with van der Waals surface area (Å²) in [5, 5.41) is 16.1. The van der Waals surface area contributed by atoms with Gasteiger partial charge in [0.05, 0.1) is 11.5 Å². The molecular formula is C8H10N6O2. The summed E-state index contributed by atoms with van der Waals surface area (Å²) in [6, 6.07) is 1.56. The molecule has 0 spiro atoms. The van der Waals surface area contributed by atoms with Crippen LogP contribution in [0, 0.1) is 17.0 Å². The van der Waals surface area contributed by atoms with E-state index in [1.54, 1.807) is 19.2 Å². The first-order valence-electron chi connectivity index (χ1n) is 4.57. The molecule has 1 aliphatic heterocycles. The van der Waals surface area contributed by atoms with Crippen LogP contribution in [0.2, 0.25) is 0 Å². The van der Waals surface area contributed by atoms with Crippen LogP contribution in [0.4, 0.5) is 17.3 Å². The summed E-state index contributed by atoms with van der Waals surface area (Å²) in [4.78, 5) is 14.1. The molecule has 2 rings (SSSR count). The van der Waals surface area contributed by atoms with Crippen molar-refractivity contribution >= 4 is 23.5 Å². The van der Waals surface area contributed by atoms with Gasteiger partial charge in [0, 0.05) is 11.8 Å². The first-order valence-corrected chi connectivity index (χ1v) is 4.57. The van der Waals surface area contributed by atoms with Crippen LogP contribution in [0.1, 0.15) is 5.56 Å². The predicted octanol–water partition coefficient (Wildman–Crippen LogP) is 0.191. The summed E-state index contributed by atoms with van der Waals surface area (Å²) in [7, 11) is 0. The van der Waals surface area contributed by atoms with Crippen molar-refractivity contribution in [3.05, 3.63) is 21.7 Å². The van der Waals surface area contributed by atoms with Crippen LogP contribution in [0.5, 0.6) is 0 Å². The minimum atomic E-state index is -0.540. The maximum Gasteiger partial charge on any atom is 0.314 e. The molecule has 0 bridgehead atoms. The van der Waals surface area contributed by atoms with Crippen LogP contribution < -0.4 is 16.3 Å². The van der Waals surface area contributed by atoms with E-state index in [1.807, 2.05) is 0 Å². The van der Waals surface area contributed by atoms with Gasteiger partial charge in [0.15, 0.2) is 5.82 Å².